The lowest BCUT2D eigenvalue weighted by atomic mass is 10.1. The summed E-state index contributed by atoms with van der Waals surface area (Å²) >= 11 is 0. The number of halogens is 1. The Bertz CT molecular complexity index is 295. The Balaban J connectivity index is 0.00000400. The smallest absolute Gasteiger partial charge is 0.191 e. The second-order valence-electron chi connectivity index (χ2n) is 6.10. The van der Waals surface area contributed by atoms with Crippen molar-refractivity contribution in [1.82, 2.24) is 10.6 Å². The van der Waals surface area contributed by atoms with Gasteiger partial charge < -0.3 is 20.5 Å². The fraction of sp³-hybridized carbons (Fsp3) is 0.933. The molecule has 0 aromatic heterocycles. The van der Waals surface area contributed by atoms with Gasteiger partial charge in [0.2, 0.25) is 0 Å². The third-order valence-corrected chi connectivity index (χ3v) is 3.42. The fourth-order valence-corrected chi connectivity index (χ4v) is 1.83. The highest BCUT2D eigenvalue weighted by atomic mass is 127. The molecule has 5 nitrogen and oxygen atoms in total. The van der Waals surface area contributed by atoms with E-state index in [1.54, 1.807) is 0 Å². The highest BCUT2D eigenvalue weighted by molar-refractivity contribution is 14.0. The Kier molecular flexibility index (Phi) is 11.4. The van der Waals surface area contributed by atoms with E-state index in [0.29, 0.717) is 12.5 Å². The summed E-state index contributed by atoms with van der Waals surface area (Å²) in [6.07, 6.45) is 3.16. The molecular weight excluding hydrogens is 381 g/mol. The van der Waals surface area contributed by atoms with Crippen molar-refractivity contribution in [2.75, 3.05) is 39.5 Å². The normalized spacial score (nSPS) is 16.5. The maximum Gasteiger partial charge on any atom is 0.191 e. The Morgan fingerprint density at radius 2 is 2.05 bits per heavy atom. The molecule has 0 unspecified atom stereocenters. The number of nitrogens with one attached hydrogen (secondary N) is 2. The van der Waals surface area contributed by atoms with Crippen molar-refractivity contribution in [3.05, 3.63) is 0 Å². The summed E-state index contributed by atoms with van der Waals surface area (Å²) in [5, 5.41) is 15.8. The van der Waals surface area contributed by atoms with Crippen molar-refractivity contribution >= 4 is 29.9 Å². The predicted molar refractivity (Wildman–Crippen MR) is 98.4 cm³/mol. The molecule has 0 saturated heterocycles. The molecule has 1 fully saturated rings. The molecule has 0 aromatic carbocycles. The Hall–Kier alpha value is -0.0800. The minimum absolute atomic E-state index is 0. The first-order valence-electron chi connectivity index (χ1n) is 7.82. The van der Waals surface area contributed by atoms with Crippen molar-refractivity contribution < 1.29 is 9.84 Å². The minimum Gasteiger partial charge on any atom is -0.396 e. The van der Waals surface area contributed by atoms with Gasteiger partial charge >= 0.3 is 0 Å². The van der Waals surface area contributed by atoms with E-state index in [1.165, 1.54) is 0 Å². The van der Waals surface area contributed by atoms with Gasteiger partial charge in [-0.05, 0) is 32.1 Å². The molecule has 3 N–H and O–H groups in total. The molecule has 21 heavy (non-hydrogen) atoms. The quantitative estimate of drug-likeness (QED) is 0.222. The summed E-state index contributed by atoms with van der Waals surface area (Å²) < 4.78 is 5.55. The second kappa shape index (κ2) is 11.5. The van der Waals surface area contributed by atoms with Crippen molar-refractivity contribution in [3.8, 4) is 0 Å². The third-order valence-electron chi connectivity index (χ3n) is 3.42. The number of hydrogen-bond donors (Lipinski definition) is 3. The summed E-state index contributed by atoms with van der Waals surface area (Å²) in [4.78, 5) is 4.56. The maximum absolute atomic E-state index is 9.29. The van der Waals surface area contributed by atoms with Gasteiger partial charge in [0.05, 0.1) is 13.2 Å². The van der Waals surface area contributed by atoms with Crippen LogP contribution < -0.4 is 10.6 Å². The van der Waals surface area contributed by atoms with E-state index in [9.17, 15) is 5.11 Å². The Morgan fingerprint density at radius 3 is 2.57 bits per heavy atom. The first kappa shape index (κ1) is 20.9. The number of nitrogens with zero attached hydrogens (tertiary/aromatic N) is 1. The predicted octanol–water partition coefficient (Wildman–Crippen LogP) is 1.99. The summed E-state index contributed by atoms with van der Waals surface area (Å²) in [7, 11) is 0. The van der Waals surface area contributed by atoms with Gasteiger partial charge in [-0.3, -0.25) is 4.99 Å². The van der Waals surface area contributed by atoms with Crippen LogP contribution in [0.2, 0.25) is 0 Å². The van der Waals surface area contributed by atoms with E-state index in [0.717, 1.165) is 51.5 Å². The van der Waals surface area contributed by atoms with Gasteiger partial charge in [-0.2, -0.15) is 0 Å². The van der Waals surface area contributed by atoms with E-state index >= 15 is 0 Å². The molecule has 0 atom stereocenters. The lowest BCUT2D eigenvalue weighted by Crippen LogP contribution is -2.38. The average Bonchev–Trinajstić information content (AvgIpc) is 3.20. The van der Waals surface area contributed by atoms with Gasteiger partial charge in [-0.1, -0.05) is 13.8 Å². The molecular formula is C15H32IN3O2. The number of hydrogen-bond acceptors (Lipinski definition) is 3. The van der Waals surface area contributed by atoms with Crippen LogP contribution in [0.5, 0.6) is 0 Å². The lowest BCUT2D eigenvalue weighted by molar-refractivity contribution is 0.108. The first-order chi connectivity index (χ1) is 9.62. The van der Waals surface area contributed by atoms with Crippen LogP contribution >= 0.6 is 24.0 Å². The monoisotopic (exact) mass is 413 g/mol. The molecule has 6 heteroatoms. The third kappa shape index (κ3) is 9.52. The van der Waals surface area contributed by atoms with Crippen LogP contribution in [0.15, 0.2) is 4.99 Å². The second-order valence-corrected chi connectivity index (χ2v) is 6.10. The standard InChI is InChI=1S/C15H31N3O2.HI/c1-4-16-14(18-11-15(12-19)6-7-15)17-8-5-9-20-10-13(2)3;/h13,19H,4-12H2,1-3H3,(H2,16,17,18);1H. The van der Waals surface area contributed by atoms with Gasteiger partial charge in [0.25, 0.3) is 0 Å². The maximum atomic E-state index is 9.29. The average molecular weight is 413 g/mol. The Labute approximate surface area is 146 Å². The van der Waals surface area contributed by atoms with Crippen LogP contribution in [0.3, 0.4) is 0 Å². The molecule has 0 aliphatic heterocycles. The van der Waals surface area contributed by atoms with E-state index in [4.69, 9.17) is 4.74 Å². The number of aliphatic hydroxyl groups excluding tert-OH is 1. The van der Waals surface area contributed by atoms with Crippen molar-refractivity contribution in [2.24, 2.45) is 16.3 Å². The number of ether oxygens (including phenoxy) is 1. The SMILES string of the molecule is CCNC(=NCC1(CO)CC1)NCCCOCC(C)C.I. The van der Waals surface area contributed by atoms with Gasteiger partial charge in [0, 0.05) is 31.7 Å². The zero-order valence-corrected chi connectivity index (χ0v) is 16.0. The van der Waals surface area contributed by atoms with Crippen LogP contribution in [0.25, 0.3) is 0 Å². The molecule has 1 saturated carbocycles. The Morgan fingerprint density at radius 1 is 1.33 bits per heavy atom. The van der Waals surface area contributed by atoms with Crippen molar-refractivity contribution in [3.63, 3.8) is 0 Å². The number of aliphatic hydroxyl groups is 1. The summed E-state index contributed by atoms with van der Waals surface area (Å²) in [5.74, 6) is 1.44. The lowest BCUT2D eigenvalue weighted by Gasteiger charge is -2.14. The summed E-state index contributed by atoms with van der Waals surface area (Å²) in [5.41, 5.74) is 0.0721. The summed E-state index contributed by atoms with van der Waals surface area (Å²) in [6, 6.07) is 0. The van der Waals surface area contributed by atoms with E-state index < -0.39 is 0 Å². The van der Waals surface area contributed by atoms with Gasteiger partial charge in [-0.25, -0.2) is 0 Å². The van der Waals surface area contributed by atoms with E-state index in [2.05, 4.69) is 36.4 Å². The largest absolute Gasteiger partial charge is 0.396 e. The topological polar surface area (TPSA) is 65.9 Å². The van der Waals surface area contributed by atoms with Crippen LogP contribution in [0, 0.1) is 11.3 Å². The minimum atomic E-state index is 0. The zero-order chi connectivity index (χ0) is 14.8. The molecule has 0 heterocycles. The fourth-order valence-electron chi connectivity index (χ4n) is 1.83. The molecule has 126 valence electrons. The first-order valence-corrected chi connectivity index (χ1v) is 7.82. The molecule has 0 spiro atoms. The van der Waals surface area contributed by atoms with Crippen LogP contribution in [0.1, 0.15) is 40.0 Å². The van der Waals surface area contributed by atoms with Crippen molar-refractivity contribution in [2.45, 2.75) is 40.0 Å². The molecule has 0 radical (unpaired) electrons. The molecule has 1 aliphatic rings. The summed E-state index contributed by atoms with van der Waals surface area (Å²) in [6.45, 7) is 10.6. The number of aliphatic imine (C=N–C) groups is 1. The van der Waals surface area contributed by atoms with Crippen LogP contribution in [-0.4, -0.2) is 50.5 Å². The highest BCUT2D eigenvalue weighted by Crippen LogP contribution is 2.45. The molecule has 1 aliphatic carbocycles. The molecule has 1 rings (SSSR count). The van der Waals surface area contributed by atoms with Gasteiger partial charge in [0.1, 0.15) is 0 Å². The number of rotatable bonds is 10. The molecule has 0 amide bonds. The van der Waals surface area contributed by atoms with Gasteiger partial charge in [-0.15, -0.1) is 24.0 Å². The van der Waals surface area contributed by atoms with Crippen molar-refractivity contribution in [1.29, 1.82) is 0 Å². The van der Waals surface area contributed by atoms with Crippen LogP contribution in [-0.2, 0) is 4.74 Å². The zero-order valence-electron chi connectivity index (χ0n) is 13.7. The number of guanidine groups is 1. The van der Waals surface area contributed by atoms with Gasteiger partial charge in [0.15, 0.2) is 5.96 Å². The van der Waals surface area contributed by atoms with E-state index in [1.807, 2.05) is 0 Å². The molecule has 0 aromatic rings. The van der Waals surface area contributed by atoms with E-state index in [-0.39, 0.29) is 36.0 Å². The highest BCUT2D eigenvalue weighted by Gasteiger charge is 2.41. The molecule has 0 bridgehead atoms. The van der Waals surface area contributed by atoms with Crippen LogP contribution in [0.4, 0.5) is 0 Å².